The van der Waals surface area contributed by atoms with Gasteiger partial charge in [0.05, 0.1) is 9.99 Å². The summed E-state index contributed by atoms with van der Waals surface area (Å²) in [5.74, 6) is -0.366. The molecular formula is C12H10FIO2S. The van der Waals surface area contributed by atoms with Crippen LogP contribution in [0.1, 0.15) is 17.2 Å². The van der Waals surface area contributed by atoms with Gasteiger partial charge in [-0.05, 0) is 45.7 Å². The van der Waals surface area contributed by atoms with Crippen molar-refractivity contribution < 1.29 is 14.2 Å². The number of hydrogen-bond donors (Lipinski definition) is 1. The van der Waals surface area contributed by atoms with Gasteiger partial charge in [-0.15, -0.1) is 11.3 Å². The molecule has 0 aliphatic carbocycles. The van der Waals surface area contributed by atoms with Gasteiger partial charge in [-0.2, -0.15) is 0 Å². The molecule has 0 spiro atoms. The summed E-state index contributed by atoms with van der Waals surface area (Å²) in [5, 5.41) is 11.9. The average Bonchev–Trinajstić information content (AvgIpc) is 2.75. The molecule has 0 radical (unpaired) electrons. The van der Waals surface area contributed by atoms with Crippen LogP contribution in [0.5, 0.6) is 5.75 Å². The van der Waals surface area contributed by atoms with Crippen LogP contribution in [0.3, 0.4) is 0 Å². The molecule has 90 valence electrons. The van der Waals surface area contributed by atoms with Gasteiger partial charge in [0.2, 0.25) is 0 Å². The third kappa shape index (κ3) is 2.61. The van der Waals surface area contributed by atoms with E-state index in [4.69, 9.17) is 4.74 Å². The highest BCUT2D eigenvalue weighted by atomic mass is 127. The minimum absolute atomic E-state index is 0.145. The first-order valence-electron chi connectivity index (χ1n) is 4.88. The van der Waals surface area contributed by atoms with E-state index in [9.17, 15) is 9.50 Å². The highest BCUT2D eigenvalue weighted by Gasteiger charge is 2.18. The van der Waals surface area contributed by atoms with Crippen LogP contribution >= 0.6 is 33.9 Å². The maximum atomic E-state index is 13.9. The zero-order chi connectivity index (χ0) is 12.4. The van der Waals surface area contributed by atoms with Crippen molar-refractivity contribution >= 4 is 33.9 Å². The van der Waals surface area contributed by atoms with Crippen LogP contribution in [0.25, 0.3) is 0 Å². The maximum absolute atomic E-state index is 13.9. The fourth-order valence-electron chi connectivity index (χ4n) is 1.54. The molecule has 1 atom stereocenters. The topological polar surface area (TPSA) is 29.5 Å². The Balaban J connectivity index is 2.40. The Morgan fingerprint density at radius 3 is 2.82 bits per heavy atom. The molecule has 2 rings (SSSR count). The third-order valence-electron chi connectivity index (χ3n) is 2.41. The van der Waals surface area contributed by atoms with Crippen molar-refractivity contribution in [3.63, 3.8) is 0 Å². The molecule has 2 aromatic rings. The number of methoxy groups -OCH3 is 1. The molecule has 0 bridgehead atoms. The highest BCUT2D eigenvalue weighted by Crippen LogP contribution is 2.31. The van der Waals surface area contributed by atoms with Gasteiger partial charge in [-0.1, -0.05) is 12.1 Å². The zero-order valence-electron chi connectivity index (χ0n) is 8.98. The number of ether oxygens (including phenoxy) is 1. The SMILES string of the molecule is COc1cccc(C(O)c2csc(I)c2)c1F. The monoisotopic (exact) mass is 364 g/mol. The van der Waals surface area contributed by atoms with Gasteiger partial charge < -0.3 is 9.84 Å². The van der Waals surface area contributed by atoms with Gasteiger partial charge in [0.25, 0.3) is 0 Å². The van der Waals surface area contributed by atoms with E-state index < -0.39 is 11.9 Å². The minimum atomic E-state index is -0.954. The molecule has 0 saturated heterocycles. The highest BCUT2D eigenvalue weighted by molar-refractivity contribution is 14.1. The van der Waals surface area contributed by atoms with Crippen LogP contribution in [0.4, 0.5) is 4.39 Å². The summed E-state index contributed by atoms with van der Waals surface area (Å²) in [6, 6.07) is 6.60. The molecule has 1 heterocycles. The Morgan fingerprint density at radius 1 is 1.47 bits per heavy atom. The van der Waals surface area contributed by atoms with E-state index in [0.717, 1.165) is 2.88 Å². The first-order chi connectivity index (χ1) is 8.13. The average molecular weight is 364 g/mol. The third-order valence-corrected chi connectivity index (χ3v) is 4.22. The summed E-state index contributed by atoms with van der Waals surface area (Å²) < 4.78 is 19.9. The Kier molecular flexibility index (Phi) is 4.01. The van der Waals surface area contributed by atoms with Crippen LogP contribution in [0.15, 0.2) is 29.6 Å². The van der Waals surface area contributed by atoms with E-state index in [-0.39, 0.29) is 11.3 Å². The normalized spacial score (nSPS) is 12.5. The maximum Gasteiger partial charge on any atom is 0.171 e. The van der Waals surface area contributed by atoms with Gasteiger partial charge in [0.1, 0.15) is 6.10 Å². The molecule has 1 aromatic heterocycles. The van der Waals surface area contributed by atoms with Crippen LogP contribution < -0.4 is 4.74 Å². The smallest absolute Gasteiger partial charge is 0.171 e. The Labute approximate surface area is 116 Å². The largest absolute Gasteiger partial charge is 0.494 e. The lowest BCUT2D eigenvalue weighted by atomic mass is 10.0. The van der Waals surface area contributed by atoms with Crippen molar-refractivity contribution in [1.29, 1.82) is 0 Å². The van der Waals surface area contributed by atoms with Crippen molar-refractivity contribution in [2.45, 2.75) is 6.10 Å². The van der Waals surface area contributed by atoms with Crippen molar-refractivity contribution in [3.8, 4) is 5.75 Å². The Bertz CT molecular complexity index is 527. The molecule has 1 N–H and O–H groups in total. The molecule has 0 aliphatic heterocycles. The molecule has 1 aromatic carbocycles. The first-order valence-corrected chi connectivity index (χ1v) is 6.83. The molecule has 1 unspecified atom stereocenters. The molecule has 5 heteroatoms. The van der Waals surface area contributed by atoms with Crippen LogP contribution in [0, 0.1) is 8.70 Å². The van der Waals surface area contributed by atoms with E-state index >= 15 is 0 Å². The lowest BCUT2D eigenvalue weighted by Gasteiger charge is -2.12. The second-order valence-corrected chi connectivity index (χ2v) is 6.26. The van der Waals surface area contributed by atoms with Crippen molar-refractivity contribution in [3.05, 3.63) is 49.5 Å². The summed E-state index contributed by atoms with van der Waals surface area (Å²) in [6.45, 7) is 0. The standard InChI is InChI=1S/C12H10FIO2S/c1-16-9-4-2-3-8(11(9)13)12(15)7-5-10(14)17-6-7/h2-6,12,15H,1H3. The predicted octanol–water partition coefficient (Wildman–Crippen LogP) is 3.58. The number of rotatable bonds is 3. The van der Waals surface area contributed by atoms with Gasteiger partial charge in [0.15, 0.2) is 11.6 Å². The summed E-state index contributed by atoms with van der Waals surface area (Å²) in [5.41, 5.74) is 0.935. The van der Waals surface area contributed by atoms with Crippen LogP contribution in [-0.2, 0) is 0 Å². The molecular weight excluding hydrogens is 354 g/mol. The van der Waals surface area contributed by atoms with Crippen molar-refractivity contribution in [2.75, 3.05) is 7.11 Å². The fraction of sp³-hybridized carbons (Fsp3) is 0.167. The summed E-state index contributed by atoms with van der Waals surface area (Å²) in [7, 11) is 1.40. The second-order valence-electron chi connectivity index (χ2n) is 3.45. The molecule has 0 fully saturated rings. The number of halogens is 2. The van der Waals surface area contributed by atoms with E-state index in [2.05, 4.69) is 22.6 Å². The van der Waals surface area contributed by atoms with Crippen LogP contribution in [-0.4, -0.2) is 12.2 Å². The number of hydrogen-bond acceptors (Lipinski definition) is 3. The number of aliphatic hydroxyl groups is 1. The lowest BCUT2D eigenvalue weighted by molar-refractivity contribution is 0.213. The predicted molar refractivity (Wildman–Crippen MR) is 74.0 cm³/mol. The molecule has 17 heavy (non-hydrogen) atoms. The molecule has 0 amide bonds. The van der Waals surface area contributed by atoms with Crippen molar-refractivity contribution in [2.24, 2.45) is 0 Å². The van der Waals surface area contributed by atoms with Gasteiger partial charge >= 0.3 is 0 Å². The minimum Gasteiger partial charge on any atom is -0.494 e. The number of aliphatic hydroxyl groups excluding tert-OH is 1. The summed E-state index contributed by atoms with van der Waals surface area (Å²) in [4.78, 5) is 0. The Morgan fingerprint density at radius 2 is 2.24 bits per heavy atom. The van der Waals surface area contributed by atoms with E-state index in [0.29, 0.717) is 5.56 Å². The second kappa shape index (κ2) is 5.32. The summed E-state index contributed by atoms with van der Waals surface area (Å²) in [6.07, 6.45) is -0.954. The number of thiophene rings is 1. The quantitative estimate of drug-likeness (QED) is 0.844. The molecule has 0 saturated carbocycles. The lowest BCUT2D eigenvalue weighted by Crippen LogP contribution is -2.02. The summed E-state index contributed by atoms with van der Waals surface area (Å²) >= 11 is 3.68. The zero-order valence-corrected chi connectivity index (χ0v) is 12.0. The fourth-order valence-corrected chi connectivity index (χ4v) is 2.93. The van der Waals surface area contributed by atoms with Crippen molar-refractivity contribution in [1.82, 2.24) is 0 Å². The molecule has 0 aliphatic rings. The van der Waals surface area contributed by atoms with E-state index in [1.807, 2.05) is 11.4 Å². The van der Waals surface area contributed by atoms with Crippen LogP contribution in [0.2, 0.25) is 0 Å². The van der Waals surface area contributed by atoms with Gasteiger partial charge in [-0.3, -0.25) is 0 Å². The van der Waals surface area contributed by atoms with Gasteiger partial charge in [-0.25, -0.2) is 4.39 Å². The van der Waals surface area contributed by atoms with E-state index in [1.165, 1.54) is 24.5 Å². The van der Waals surface area contributed by atoms with E-state index in [1.54, 1.807) is 12.1 Å². The number of benzene rings is 1. The molecule has 2 nitrogen and oxygen atoms in total. The first kappa shape index (κ1) is 12.8. The van der Waals surface area contributed by atoms with Gasteiger partial charge in [0, 0.05) is 5.56 Å². The Hall–Kier alpha value is -0.660.